The smallest absolute Gasteiger partial charge is 0.254 e. The van der Waals surface area contributed by atoms with Gasteiger partial charge in [0, 0.05) is 35.0 Å². The maximum atomic E-state index is 13.1. The van der Waals surface area contributed by atoms with Crippen LogP contribution in [0.15, 0.2) is 78.0 Å². The van der Waals surface area contributed by atoms with Crippen molar-refractivity contribution in [2.75, 3.05) is 13.1 Å². The van der Waals surface area contributed by atoms with Crippen LogP contribution in [0.1, 0.15) is 28.8 Å². The minimum Gasteiger partial charge on any atom is -0.339 e. The molecule has 0 aliphatic carbocycles. The van der Waals surface area contributed by atoms with E-state index in [1.807, 2.05) is 82.3 Å². The first-order valence-corrected chi connectivity index (χ1v) is 12.8. The molecule has 0 bridgehead atoms. The van der Waals surface area contributed by atoms with Gasteiger partial charge in [0.15, 0.2) is 11.0 Å². The molecule has 2 heterocycles. The second-order valence-electron chi connectivity index (χ2n) is 8.05. The van der Waals surface area contributed by atoms with Gasteiger partial charge < -0.3 is 4.90 Å². The van der Waals surface area contributed by atoms with E-state index < -0.39 is 0 Å². The third kappa shape index (κ3) is 4.71. The van der Waals surface area contributed by atoms with Crippen molar-refractivity contribution in [2.24, 2.45) is 0 Å². The molecule has 1 aliphatic heterocycles. The minimum atomic E-state index is 0.0989. The van der Waals surface area contributed by atoms with Gasteiger partial charge in [0.2, 0.25) is 0 Å². The second-order valence-corrected chi connectivity index (χ2v) is 9.83. The zero-order valence-corrected chi connectivity index (χ0v) is 20.7. The monoisotopic (exact) mass is 508 g/mol. The number of halogens is 2. The molecule has 0 N–H and O–H groups in total. The van der Waals surface area contributed by atoms with Gasteiger partial charge >= 0.3 is 0 Å². The molecule has 5 rings (SSSR count). The van der Waals surface area contributed by atoms with E-state index >= 15 is 0 Å². The maximum Gasteiger partial charge on any atom is 0.254 e. The van der Waals surface area contributed by atoms with E-state index in [2.05, 4.69) is 10.2 Å². The van der Waals surface area contributed by atoms with E-state index in [4.69, 9.17) is 23.2 Å². The summed E-state index contributed by atoms with van der Waals surface area (Å²) in [6.45, 7) is 1.65. The van der Waals surface area contributed by atoms with E-state index in [1.165, 1.54) is 11.8 Å². The average Bonchev–Trinajstić information content (AvgIpc) is 3.53. The van der Waals surface area contributed by atoms with Gasteiger partial charge in [0.25, 0.3) is 5.91 Å². The molecule has 1 saturated heterocycles. The Kier molecular flexibility index (Phi) is 6.90. The van der Waals surface area contributed by atoms with Crippen molar-refractivity contribution in [1.29, 1.82) is 0 Å². The lowest BCUT2D eigenvalue weighted by molar-refractivity contribution is 0.0792. The molecule has 34 heavy (non-hydrogen) atoms. The molecule has 4 aromatic rings. The van der Waals surface area contributed by atoms with E-state index in [-0.39, 0.29) is 5.91 Å². The number of aromatic nitrogens is 3. The molecule has 1 amide bonds. The SMILES string of the molecule is O=C(c1ccccc1CSc1nnc(-c2ccccc2Cl)n1-c1cccc(Cl)c1)N1CCCC1. The fourth-order valence-corrected chi connectivity index (χ4v) is 5.48. The summed E-state index contributed by atoms with van der Waals surface area (Å²) in [5.41, 5.74) is 3.35. The van der Waals surface area contributed by atoms with Crippen LogP contribution in [0.2, 0.25) is 10.0 Å². The lowest BCUT2D eigenvalue weighted by Gasteiger charge is -2.17. The van der Waals surface area contributed by atoms with Crippen molar-refractivity contribution in [3.05, 3.63) is 94.0 Å². The number of carbonyl (C=O) groups is 1. The molecule has 0 unspecified atom stereocenters. The zero-order chi connectivity index (χ0) is 23.5. The predicted octanol–water partition coefficient (Wildman–Crippen LogP) is 6.77. The van der Waals surface area contributed by atoms with E-state index in [0.717, 1.165) is 48.3 Å². The molecule has 3 aromatic carbocycles. The van der Waals surface area contributed by atoms with Crippen LogP contribution in [0, 0.1) is 0 Å². The summed E-state index contributed by atoms with van der Waals surface area (Å²) < 4.78 is 1.96. The van der Waals surface area contributed by atoms with Crippen molar-refractivity contribution in [3.63, 3.8) is 0 Å². The maximum absolute atomic E-state index is 13.1. The van der Waals surface area contributed by atoms with E-state index in [9.17, 15) is 4.79 Å². The number of hydrogen-bond acceptors (Lipinski definition) is 4. The number of thioether (sulfide) groups is 1. The minimum absolute atomic E-state index is 0.0989. The van der Waals surface area contributed by atoms with Crippen LogP contribution < -0.4 is 0 Å². The highest BCUT2D eigenvalue weighted by Gasteiger charge is 2.23. The highest BCUT2D eigenvalue weighted by Crippen LogP contribution is 2.34. The summed E-state index contributed by atoms with van der Waals surface area (Å²) in [5, 5.41) is 10.9. The molecule has 0 atom stereocenters. The Bertz CT molecular complexity index is 1330. The molecule has 8 heteroatoms. The molecular formula is C26H22Cl2N4OS. The summed E-state index contributed by atoms with van der Waals surface area (Å²) in [6.07, 6.45) is 2.13. The van der Waals surface area contributed by atoms with Crippen molar-refractivity contribution in [2.45, 2.75) is 23.8 Å². The van der Waals surface area contributed by atoms with Gasteiger partial charge in [-0.05, 0) is 54.8 Å². The number of rotatable bonds is 6. The van der Waals surface area contributed by atoms with Gasteiger partial charge in [-0.25, -0.2) is 0 Å². The summed E-state index contributed by atoms with van der Waals surface area (Å²) in [5.74, 6) is 1.32. The zero-order valence-electron chi connectivity index (χ0n) is 18.3. The Morgan fingerprint density at radius 3 is 2.47 bits per heavy atom. The Hall–Kier alpha value is -2.80. The second kappa shape index (κ2) is 10.2. The number of amides is 1. The van der Waals surface area contributed by atoms with E-state index in [0.29, 0.717) is 26.8 Å². The number of nitrogens with zero attached hydrogens (tertiary/aromatic N) is 4. The van der Waals surface area contributed by atoms with Gasteiger partial charge in [-0.2, -0.15) is 0 Å². The summed E-state index contributed by atoms with van der Waals surface area (Å²) in [4.78, 5) is 15.0. The number of carbonyl (C=O) groups excluding carboxylic acids is 1. The van der Waals surface area contributed by atoms with Crippen LogP contribution in [0.5, 0.6) is 0 Å². The first-order chi connectivity index (χ1) is 16.6. The molecular weight excluding hydrogens is 487 g/mol. The molecule has 1 aliphatic rings. The van der Waals surface area contributed by atoms with E-state index in [1.54, 1.807) is 0 Å². The summed E-state index contributed by atoms with van der Waals surface area (Å²) in [7, 11) is 0. The summed E-state index contributed by atoms with van der Waals surface area (Å²) in [6, 6.07) is 22.9. The highest BCUT2D eigenvalue weighted by molar-refractivity contribution is 7.98. The molecule has 1 fully saturated rings. The Morgan fingerprint density at radius 1 is 0.912 bits per heavy atom. The fraction of sp³-hybridized carbons (Fsp3) is 0.192. The normalized spacial score (nSPS) is 13.4. The molecule has 0 saturated carbocycles. The largest absolute Gasteiger partial charge is 0.339 e. The van der Waals surface area contributed by atoms with Crippen LogP contribution in [0.25, 0.3) is 17.1 Å². The standard InChI is InChI=1S/C26H22Cl2N4OS/c27-19-9-7-10-20(16-19)32-24(22-12-3-4-13-23(22)28)29-30-26(32)34-17-18-8-1-2-11-21(18)25(33)31-14-5-6-15-31/h1-4,7-13,16H,5-6,14-15,17H2. The van der Waals surface area contributed by atoms with Crippen LogP contribution in [0.3, 0.4) is 0 Å². The van der Waals surface area contributed by atoms with Gasteiger partial charge in [0.1, 0.15) is 0 Å². The Morgan fingerprint density at radius 2 is 1.68 bits per heavy atom. The van der Waals surface area contributed by atoms with Crippen molar-refractivity contribution < 1.29 is 4.79 Å². The van der Waals surface area contributed by atoms with Gasteiger partial charge in [-0.3, -0.25) is 9.36 Å². The molecule has 172 valence electrons. The van der Waals surface area contributed by atoms with Gasteiger partial charge in [0.05, 0.1) is 10.7 Å². The topological polar surface area (TPSA) is 51.0 Å². The van der Waals surface area contributed by atoms with Crippen LogP contribution >= 0.6 is 35.0 Å². The lowest BCUT2D eigenvalue weighted by Crippen LogP contribution is -2.28. The Labute approximate surface area is 212 Å². The molecule has 0 radical (unpaired) electrons. The number of likely N-dealkylation sites (tertiary alicyclic amines) is 1. The lowest BCUT2D eigenvalue weighted by atomic mass is 10.1. The first-order valence-electron chi connectivity index (χ1n) is 11.1. The highest BCUT2D eigenvalue weighted by atomic mass is 35.5. The van der Waals surface area contributed by atoms with Gasteiger partial charge in [-0.15, -0.1) is 10.2 Å². The molecule has 0 spiro atoms. The predicted molar refractivity (Wildman–Crippen MR) is 138 cm³/mol. The average molecular weight is 509 g/mol. The van der Waals surface area contributed by atoms with Crippen molar-refractivity contribution >= 4 is 40.9 Å². The van der Waals surface area contributed by atoms with Crippen molar-refractivity contribution in [1.82, 2.24) is 19.7 Å². The first kappa shape index (κ1) is 23.0. The fourth-order valence-electron chi connectivity index (χ4n) is 4.12. The van der Waals surface area contributed by atoms with Crippen molar-refractivity contribution in [3.8, 4) is 17.1 Å². The van der Waals surface area contributed by atoms with Gasteiger partial charge in [-0.1, -0.05) is 71.4 Å². The molecule has 5 nitrogen and oxygen atoms in total. The summed E-state index contributed by atoms with van der Waals surface area (Å²) >= 11 is 14.3. The van der Waals surface area contributed by atoms with Crippen LogP contribution in [0.4, 0.5) is 0 Å². The quantitative estimate of drug-likeness (QED) is 0.269. The number of hydrogen-bond donors (Lipinski definition) is 0. The third-order valence-electron chi connectivity index (χ3n) is 5.81. The van der Waals surface area contributed by atoms with Crippen LogP contribution in [-0.4, -0.2) is 38.7 Å². The Balaban J connectivity index is 1.50. The number of benzene rings is 3. The molecule has 1 aromatic heterocycles. The van der Waals surface area contributed by atoms with Crippen LogP contribution in [-0.2, 0) is 5.75 Å². The third-order valence-corrected chi connectivity index (χ3v) is 7.35.